The molecule has 1 aliphatic rings. The standard InChI is InChI=1S/C11H20F3N3O/c1-2-5-17(7-11(12,13)14)6-10(16,9(15)18)8-3-4-8/h8H,2-7,16H2,1H3,(H2,15,18). The SMILES string of the molecule is CCCN(CC(F)(F)F)CC(N)(C(N)=O)C1CC1. The number of hydrogen-bond donors (Lipinski definition) is 2. The number of nitrogens with two attached hydrogens (primary N) is 2. The maximum atomic E-state index is 12.4. The van der Waals surface area contributed by atoms with Crippen molar-refractivity contribution < 1.29 is 18.0 Å². The number of amides is 1. The van der Waals surface area contributed by atoms with Crippen molar-refractivity contribution in [3.63, 3.8) is 0 Å². The maximum absolute atomic E-state index is 12.4. The number of alkyl halides is 3. The third kappa shape index (κ3) is 4.13. The van der Waals surface area contributed by atoms with E-state index in [2.05, 4.69) is 0 Å². The van der Waals surface area contributed by atoms with Crippen molar-refractivity contribution in [3.8, 4) is 0 Å². The van der Waals surface area contributed by atoms with E-state index in [1.807, 2.05) is 0 Å². The summed E-state index contributed by atoms with van der Waals surface area (Å²) in [4.78, 5) is 12.6. The Balaban J connectivity index is 2.71. The lowest BCUT2D eigenvalue weighted by Crippen LogP contribution is -2.61. The second kappa shape index (κ2) is 5.44. The van der Waals surface area contributed by atoms with Gasteiger partial charge in [0.25, 0.3) is 0 Å². The number of carbonyl (C=O) groups excluding carboxylic acids is 1. The second-order valence-electron chi connectivity index (χ2n) is 5.00. The first-order valence-electron chi connectivity index (χ1n) is 6.07. The molecule has 1 saturated carbocycles. The Bertz CT molecular complexity index is 304. The first-order chi connectivity index (χ1) is 8.19. The van der Waals surface area contributed by atoms with Crippen LogP contribution in [0.3, 0.4) is 0 Å². The Morgan fingerprint density at radius 3 is 2.22 bits per heavy atom. The van der Waals surface area contributed by atoms with Gasteiger partial charge in [-0.3, -0.25) is 9.69 Å². The van der Waals surface area contributed by atoms with Crippen molar-refractivity contribution >= 4 is 5.91 Å². The zero-order valence-corrected chi connectivity index (χ0v) is 10.5. The smallest absolute Gasteiger partial charge is 0.368 e. The van der Waals surface area contributed by atoms with Gasteiger partial charge in [-0.05, 0) is 31.7 Å². The normalized spacial score (nSPS) is 19.9. The summed E-state index contributed by atoms with van der Waals surface area (Å²) < 4.78 is 37.3. The van der Waals surface area contributed by atoms with Crippen LogP contribution in [0.4, 0.5) is 13.2 Å². The van der Waals surface area contributed by atoms with Gasteiger partial charge in [-0.15, -0.1) is 0 Å². The largest absolute Gasteiger partial charge is 0.401 e. The Labute approximate surface area is 104 Å². The van der Waals surface area contributed by atoms with Crippen LogP contribution in [0, 0.1) is 5.92 Å². The Morgan fingerprint density at radius 2 is 1.89 bits per heavy atom. The van der Waals surface area contributed by atoms with Crippen LogP contribution in [-0.2, 0) is 4.79 Å². The highest BCUT2D eigenvalue weighted by Crippen LogP contribution is 2.38. The molecule has 4 N–H and O–H groups in total. The lowest BCUT2D eigenvalue weighted by Gasteiger charge is -2.33. The summed E-state index contributed by atoms with van der Waals surface area (Å²) in [5.41, 5.74) is 9.83. The van der Waals surface area contributed by atoms with Gasteiger partial charge in [0.15, 0.2) is 0 Å². The van der Waals surface area contributed by atoms with Gasteiger partial charge in [-0.25, -0.2) is 0 Å². The zero-order chi connectivity index (χ0) is 14.0. The van der Waals surface area contributed by atoms with Crippen LogP contribution in [0.1, 0.15) is 26.2 Å². The van der Waals surface area contributed by atoms with E-state index in [0.29, 0.717) is 6.42 Å². The molecule has 1 rings (SSSR count). The van der Waals surface area contributed by atoms with Crippen molar-refractivity contribution in [1.82, 2.24) is 4.90 Å². The molecule has 0 radical (unpaired) electrons. The van der Waals surface area contributed by atoms with Gasteiger partial charge in [-0.1, -0.05) is 6.92 Å². The van der Waals surface area contributed by atoms with Crippen molar-refractivity contribution in [2.45, 2.75) is 37.9 Å². The van der Waals surface area contributed by atoms with Crippen LogP contribution in [0.5, 0.6) is 0 Å². The number of halogens is 3. The molecule has 0 aliphatic heterocycles. The fourth-order valence-corrected chi connectivity index (χ4v) is 2.16. The molecule has 0 spiro atoms. The average Bonchev–Trinajstić information content (AvgIpc) is 2.97. The van der Waals surface area contributed by atoms with Crippen molar-refractivity contribution in [3.05, 3.63) is 0 Å². The van der Waals surface area contributed by atoms with Gasteiger partial charge in [-0.2, -0.15) is 13.2 Å². The van der Waals surface area contributed by atoms with E-state index in [1.54, 1.807) is 6.92 Å². The molecule has 1 fully saturated rings. The lowest BCUT2D eigenvalue weighted by atomic mass is 9.92. The van der Waals surface area contributed by atoms with Gasteiger partial charge in [0, 0.05) is 6.54 Å². The molecular weight excluding hydrogens is 247 g/mol. The number of rotatable bonds is 7. The average molecular weight is 267 g/mol. The highest BCUT2D eigenvalue weighted by atomic mass is 19.4. The lowest BCUT2D eigenvalue weighted by molar-refractivity contribution is -0.150. The molecule has 1 amide bonds. The van der Waals surface area contributed by atoms with E-state index in [4.69, 9.17) is 11.5 Å². The molecule has 0 saturated heterocycles. The monoisotopic (exact) mass is 267 g/mol. The van der Waals surface area contributed by atoms with E-state index in [1.165, 1.54) is 4.90 Å². The second-order valence-corrected chi connectivity index (χ2v) is 5.00. The van der Waals surface area contributed by atoms with Crippen LogP contribution in [0.15, 0.2) is 0 Å². The van der Waals surface area contributed by atoms with Gasteiger partial charge < -0.3 is 11.5 Å². The maximum Gasteiger partial charge on any atom is 0.401 e. The molecule has 0 aromatic heterocycles. The molecule has 0 bridgehead atoms. The molecule has 106 valence electrons. The summed E-state index contributed by atoms with van der Waals surface area (Å²) in [7, 11) is 0. The van der Waals surface area contributed by atoms with Gasteiger partial charge >= 0.3 is 6.18 Å². The highest BCUT2D eigenvalue weighted by molar-refractivity contribution is 5.85. The molecule has 4 nitrogen and oxygen atoms in total. The zero-order valence-electron chi connectivity index (χ0n) is 10.5. The van der Waals surface area contributed by atoms with Crippen LogP contribution in [0.25, 0.3) is 0 Å². The molecule has 1 unspecified atom stereocenters. The van der Waals surface area contributed by atoms with Crippen molar-refractivity contribution in [2.75, 3.05) is 19.6 Å². The van der Waals surface area contributed by atoms with Crippen molar-refractivity contribution in [1.29, 1.82) is 0 Å². The minimum absolute atomic E-state index is 0.0809. The fourth-order valence-electron chi connectivity index (χ4n) is 2.16. The predicted octanol–water partition coefficient (Wildman–Crippen LogP) is 0.854. The highest BCUT2D eigenvalue weighted by Gasteiger charge is 2.48. The minimum atomic E-state index is -4.29. The molecule has 1 aliphatic carbocycles. The van der Waals surface area contributed by atoms with Crippen LogP contribution < -0.4 is 11.5 Å². The van der Waals surface area contributed by atoms with Gasteiger partial charge in [0.05, 0.1) is 6.54 Å². The molecule has 0 aromatic carbocycles. The van der Waals surface area contributed by atoms with Gasteiger partial charge in [0.2, 0.25) is 5.91 Å². The Kier molecular flexibility index (Phi) is 4.61. The number of carbonyl (C=O) groups is 1. The van der Waals surface area contributed by atoms with E-state index < -0.39 is 24.2 Å². The molecule has 1 atom stereocenters. The molecule has 7 heteroatoms. The van der Waals surface area contributed by atoms with E-state index in [0.717, 1.165) is 12.8 Å². The quantitative estimate of drug-likeness (QED) is 0.718. The Hall–Kier alpha value is -0.820. The van der Waals surface area contributed by atoms with Gasteiger partial charge in [0.1, 0.15) is 5.54 Å². The summed E-state index contributed by atoms with van der Waals surface area (Å²) in [6.45, 7) is 0.849. The third-order valence-corrected chi connectivity index (χ3v) is 3.19. The first-order valence-corrected chi connectivity index (χ1v) is 6.07. The van der Waals surface area contributed by atoms with Crippen LogP contribution in [-0.4, -0.2) is 42.2 Å². The summed E-state index contributed by atoms with van der Waals surface area (Å²) in [5, 5.41) is 0. The Morgan fingerprint density at radius 1 is 1.33 bits per heavy atom. The number of nitrogens with zero attached hydrogens (tertiary/aromatic N) is 1. The van der Waals surface area contributed by atoms with Crippen LogP contribution >= 0.6 is 0 Å². The first kappa shape index (κ1) is 15.2. The molecule has 0 heterocycles. The van der Waals surface area contributed by atoms with E-state index in [-0.39, 0.29) is 19.0 Å². The molecular formula is C11H20F3N3O. The summed E-state index contributed by atoms with van der Waals surface area (Å²) in [5.74, 6) is -0.795. The number of primary amides is 1. The minimum Gasteiger partial charge on any atom is -0.368 e. The van der Waals surface area contributed by atoms with E-state index >= 15 is 0 Å². The summed E-state index contributed by atoms with van der Waals surface area (Å²) >= 11 is 0. The van der Waals surface area contributed by atoms with E-state index in [9.17, 15) is 18.0 Å². The fraction of sp³-hybridized carbons (Fsp3) is 0.909. The number of hydrogen-bond acceptors (Lipinski definition) is 3. The summed E-state index contributed by atoms with van der Waals surface area (Å²) in [6, 6.07) is 0. The van der Waals surface area contributed by atoms with Crippen molar-refractivity contribution in [2.24, 2.45) is 17.4 Å². The third-order valence-electron chi connectivity index (χ3n) is 3.19. The topological polar surface area (TPSA) is 72.3 Å². The predicted molar refractivity (Wildman–Crippen MR) is 61.6 cm³/mol. The molecule has 18 heavy (non-hydrogen) atoms. The summed E-state index contributed by atoms with van der Waals surface area (Å²) in [6.07, 6.45) is -2.22. The van der Waals surface area contributed by atoms with Crippen LogP contribution in [0.2, 0.25) is 0 Å². The molecule has 0 aromatic rings.